The van der Waals surface area contributed by atoms with Crippen molar-refractivity contribution in [2.45, 2.75) is 6.92 Å². The third kappa shape index (κ3) is 3.85. The van der Waals surface area contributed by atoms with Gasteiger partial charge in [0, 0.05) is 5.70 Å². The van der Waals surface area contributed by atoms with Crippen LogP contribution in [0.25, 0.3) is 0 Å². The van der Waals surface area contributed by atoms with Gasteiger partial charge in [-0.25, -0.2) is 4.79 Å². The number of benzene rings is 1. The van der Waals surface area contributed by atoms with Crippen LogP contribution in [0.4, 0.5) is 0 Å². The van der Waals surface area contributed by atoms with Crippen molar-refractivity contribution in [1.82, 2.24) is 0 Å². The van der Waals surface area contributed by atoms with E-state index < -0.39 is 11.8 Å². The number of ether oxygens (including phenoxy) is 2. The molecule has 0 aliphatic rings. The van der Waals surface area contributed by atoms with Crippen LogP contribution in [0.15, 0.2) is 35.5 Å². The fraction of sp³-hybridized carbons (Fsp3) is 0.214. The SMILES string of the molecule is COC(=O)c1ccc(OCC(=O)/C(C#N)=C(\C)N)cc1. The molecule has 2 N–H and O–H groups in total. The molecule has 6 nitrogen and oxygen atoms in total. The van der Waals surface area contributed by atoms with Crippen molar-refractivity contribution >= 4 is 11.8 Å². The van der Waals surface area contributed by atoms with Crippen molar-refractivity contribution < 1.29 is 19.1 Å². The minimum atomic E-state index is -0.496. The molecule has 0 spiro atoms. The maximum absolute atomic E-state index is 11.7. The molecule has 104 valence electrons. The standard InChI is InChI=1S/C14H14N2O4/c1-9(16)12(7-15)13(17)8-20-11-5-3-10(4-6-11)14(18)19-2/h3-6H,8,16H2,1-2H3/b12-9+. The second-order valence-corrected chi connectivity index (χ2v) is 3.90. The molecule has 0 atom stereocenters. The second kappa shape index (κ2) is 6.95. The first kappa shape index (κ1) is 15.2. The minimum absolute atomic E-state index is 0.115. The molecular weight excluding hydrogens is 260 g/mol. The number of nitrogens with zero attached hydrogens (tertiary/aromatic N) is 1. The summed E-state index contributed by atoms with van der Waals surface area (Å²) in [6, 6.07) is 7.83. The average molecular weight is 274 g/mol. The van der Waals surface area contributed by atoms with Crippen molar-refractivity contribution in [3.05, 3.63) is 41.1 Å². The molecule has 0 saturated heterocycles. The van der Waals surface area contributed by atoms with Crippen LogP contribution >= 0.6 is 0 Å². The van der Waals surface area contributed by atoms with Gasteiger partial charge in [0.25, 0.3) is 0 Å². The van der Waals surface area contributed by atoms with Gasteiger partial charge in [0.05, 0.1) is 12.7 Å². The van der Waals surface area contributed by atoms with Crippen molar-refractivity contribution in [2.24, 2.45) is 5.73 Å². The highest BCUT2D eigenvalue weighted by molar-refractivity contribution is 6.00. The van der Waals surface area contributed by atoms with E-state index in [0.29, 0.717) is 11.3 Å². The quantitative estimate of drug-likeness (QED) is 0.491. The lowest BCUT2D eigenvalue weighted by Gasteiger charge is -2.06. The van der Waals surface area contributed by atoms with Crippen LogP contribution in [0.2, 0.25) is 0 Å². The van der Waals surface area contributed by atoms with E-state index in [1.165, 1.54) is 38.3 Å². The molecule has 0 amide bonds. The Bertz CT molecular complexity index is 578. The maximum Gasteiger partial charge on any atom is 0.337 e. The van der Waals surface area contributed by atoms with Gasteiger partial charge in [-0.2, -0.15) is 5.26 Å². The van der Waals surface area contributed by atoms with E-state index in [4.69, 9.17) is 15.7 Å². The summed E-state index contributed by atoms with van der Waals surface area (Å²) < 4.78 is 9.78. The molecule has 0 radical (unpaired) electrons. The number of carbonyl (C=O) groups is 2. The number of rotatable bonds is 5. The fourth-order valence-corrected chi connectivity index (χ4v) is 1.40. The van der Waals surface area contributed by atoms with E-state index in [1.54, 1.807) is 6.07 Å². The van der Waals surface area contributed by atoms with Crippen LogP contribution in [-0.4, -0.2) is 25.5 Å². The predicted molar refractivity (Wildman–Crippen MR) is 70.8 cm³/mol. The van der Waals surface area contributed by atoms with Gasteiger partial charge in [-0.15, -0.1) is 0 Å². The van der Waals surface area contributed by atoms with Gasteiger partial charge >= 0.3 is 5.97 Å². The van der Waals surface area contributed by atoms with Crippen molar-refractivity contribution in [2.75, 3.05) is 13.7 Å². The summed E-state index contributed by atoms with van der Waals surface area (Å²) in [6.07, 6.45) is 0. The van der Waals surface area contributed by atoms with Gasteiger partial charge in [-0.1, -0.05) is 0 Å². The highest BCUT2D eigenvalue weighted by Crippen LogP contribution is 2.13. The summed E-state index contributed by atoms with van der Waals surface area (Å²) in [5, 5.41) is 8.77. The molecule has 1 aromatic carbocycles. The molecule has 0 aliphatic carbocycles. The van der Waals surface area contributed by atoms with Crippen LogP contribution in [0, 0.1) is 11.3 Å². The Morgan fingerprint density at radius 2 is 1.90 bits per heavy atom. The smallest absolute Gasteiger partial charge is 0.337 e. The number of nitrogens with two attached hydrogens (primary N) is 1. The highest BCUT2D eigenvalue weighted by Gasteiger charge is 2.12. The number of nitriles is 1. The molecule has 6 heteroatoms. The number of Topliss-reactive ketones (excluding diaryl/α,β-unsaturated/α-hetero) is 1. The summed E-state index contributed by atoms with van der Waals surface area (Å²) in [5.74, 6) is -0.552. The Hall–Kier alpha value is -2.81. The highest BCUT2D eigenvalue weighted by atomic mass is 16.5. The molecule has 0 heterocycles. The summed E-state index contributed by atoms with van der Waals surface area (Å²) in [4.78, 5) is 22.9. The van der Waals surface area contributed by atoms with E-state index in [0.717, 1.165) is 0 Å². The molecule has 0 fully saturated rings. The van der Waals surface area contributed by atoms with E-state index >= 15 is 0 Å². The lowest BCUT2D eigenvalue weighted by molar-refractivity contribution is -0.117. The third-order valence-corrected chi connectivity index (χ3v) is 2.43. The van der Waals surface area contributed by atoms with Crippen LogP contribution in [-0.2, 0) is 9.53 Å². The molecule has 1 rings (SSSR count). The number of hydrogen-bond acceptors (Lipinski definition) is 6. The molecule has 0 bridgehead atoms. The van der Waals surface area contributed by atoms with Gasteiger partial charge in [0.15, 0.2) is 6.61 Å². The molecular formula is C14H14N2O4. The molecule has 1 aromatic rings. The molecule has 0 aliphatic heterocycles. The topological polar surface area (TPSA) is 102 Å². The summed E-state index contributed by atoms with van der Waals surface area (Å²) >= 11 is 0. The Kier molecular flexibility index (Phi) is 5.30. The summed E-state index contributed by atoms with van der Waals surface area (Å²) in [7, 11) is 1.29. The lowest BCUT2D eigenvalue weighted by Crippen LogP contribution is -2.16. The van der Waals surface area contributed by atoms with Crippen LogP contribution in [0.3, 0.4) is 0 Å². The first-order chi connectivity index (χ1) is 9.49. The first-order valence-corrected chi connectivity index (χ1v) is 5.70. The van der Waals surface area contributed by atoms with Crippen LogP contribution < -0.4 is 10.5 Å². The minimum Gasteiger partial charge on any atom is -0.485 e. The Morgan fingerprint density at radius 3 is 2.35 bits per heavy atom. The van der Waals surface area contributed by atoms with Crippen molar-refractivity contribution in [1.29, 1.82) is 5.26 Å². The Morgan fingerprint density at radius 1 is 1.30 bits per heavy atom. The monoisotopic (exact) mass is 274 g/mol. The van der Waals surface area contributed by atoms with Gasteiger partial charge < -0.3 is 15.2 Å². The van der Waals surface area contributed by atoms with Gasteiger partial charge in [0.1, 0.15) is 17.4 Å². The van der Waals surface area contributed by atoms with Crippen molar-refractivity contribution in [3.8, 4) is 11.8 Å². The largest absolute Gasteiger partial charge is 0.485 e. The lowest BCUT2D eigenvalue weighted by atomic mass is 10.1. The molecule has 0 unspecified atom stereocenters. The Labute approximate surface area is 116 Å². The Balaban J connectivity index is 2.68. The number of carbonyl (C=O) groups excluding carboxylic acids is 2. The summed E-state index contributed by atoms with van der Waals surface area (Å²) in [5.41, 5.74) is 5.83. The van der Waals surface area contributed by atoms with E-state index in [1.807, 2.05) is 0 Å². The van der Waals surface area contributed by atoms with Crippen LogP contribution in [0.5, 0.6) is 5.75 Å². The number of methoxy groups -OCH3 is 1. The zero-order valence-corrected chi connectivity index (χ0v) is 11.2. The van der Waals surface area contributed by atoms with Crippen molar-refractivity contribution in [3.63, 3.8) is 0 Å². The maximum atomic E-state index is 11.7. The van der Waals surface area contributed by atoms with E-state index in [9.17, 15) is 9.59 Å². The molecule has 20 heavy (non-hydrogen) atoms. The van der Waals surface area contributed by atoms with E-state index in [2.05, 4.69) is 4.74 Å². The first-order valence-electron chi connectivity index (χ1n) is 5.70. The number of hydrogen-bond donors (Lipinski definition) is 1. The zero-order chi connectivity index (χ0) is 15.1. The average Bonchev–Trinajstić information content (AvgIpc) is 2.45. The number of esters is 1. The zero-order valence-electron chi connectivity index (χ0n) is 11.2. The van der Waals surface area contributed by atoms with Crippen LogP contribution in [0.1, 0.15) is 17.3 Å². The second-order valence-electron chi connectivity index (χ2n) is 3.90. The molecule has 0 saturated carbocycles. The fourth-order valence-electron chi connectivity index (χ4n) is 1.40. The van der Waals surface area contributed by atoms with Gasteiger partial charge in [0.2, 0.25) is 5.78 Å². The number of ketones is 1. The normalized spacial score (nSPS) is 11.1. The molecule has 0 aromatic heterocycles. The van der Waals surface area contributed by atoms with Gasteiger partial charge in [-0.3, -0.25) is 4.79 Å². The van der Waals surface area contributed by atoms with E-state index in [-0.39, 0.29) is 17.9 Å². The third-order valence-electron chi connectivity index (χ3n) is 2.43. The predicted octanol–water partition coefficient (Wildman–Crippen LogP) is 1.18. The summed E-state index contributed by atoms with van der Waals surface area (Å²) in [6.45, 7) is 1.18. The van der Waals surface area contributed by atoms with Gasteiger partial charge in [-0.05, 0) is 31.2 Å². The number of allylic oxidation sites excluding steroid dienone is 1.